The number of hydrogen-bond donors (Lipinski definition) is 3. The molecule has 0 aliphatic carbocycles. The maximum Gasteiger partial charge on any atom is 0.251 e. The smallest absolute Gasteiger partial charge is 0.251 e. The van der Waals surface area contributed by atoms with Crippen LogP contribution in [-0.2, 0) is 4.79 Å². The Labute approximate surface area is 206 Å². The van der Waals surface area contributed by atoms with E-state index in [1.165, 1.54) is 19.1 Å². The van der Waals surface area contributed by atoms with Crippen molar-refractivity contribution in [3.8, 4) is 16.9 Å². The summed E-state index contributed by atoms with van der Waals surface area (Å²) in [6, 6.07) is 11.2. The molecule has 4 N–H and O–H groups in total. The summed E-state index contributed by atoms with van der Waals surface area (Å²) in [7, 11) is 0. The van der Waals surface area contributed by atoms with Gasteiger partial charge in [0, 0.05) is 47.9 Å². The third-order valence-electron chi connectivity index (χ3n) is 4.94. The molecule has 178 valence electrons. The number of anilines is 1. The zero-order valence-corrected chi connectivity index (χ0v) is 20.0. The summed E-state index contributed by atoms with van der Waals surface area (Å²) in [4.78, 5) is 27.3. The van der Waals surface area contributed by atoms with Crippen LogP contribution < -0.4 is 21.1 Å². The van der Waals surface area contributed by atoms with Gasteiger partial charge in [0.25, 0.3) is 5.91 Å². The first kappa shape index (κ1) is 25.3. The number of ether oxygens (including phenoxy) is 1. The standard InChI is InChI=1S/C24H23Cl2FN4O3/c1-13(21-18(25)7-8-19(27)22(21)26)34-20-11-17(12-31-23(20)28)15-3-5-16(6-4-15)24(33)30-10-9-29-14(2)32/h3-8,11-13H,9-10H2,1-2H3,(H2,28,31)(H,29,32)(H,30,33). The van der Waals surface area contributed by atoms with Crippen molar-refractivity contribution in [1.29, 1.82) is 0 Å². The summed E-state index contributed by atoms with van der Waals surface area (Å²) in [5.74, 6) is -0.587. The highest BCUT2D eigenvalue weighted by molar-refractivity contribution is 6.36. The fourth-order valence-corrected chi connectivity index (χ4v) is 3.88. The fraction of sp³-hybridized carbons (Fsp3) is 0.208. The number of benzene rings is 2. The van der Waals surface area contributed by atoms with E-state index in [0.717, 1.165) is 5.56 Å². The second-order valence-corrected chi connectivity index (χ2v) is 8.23. The van der Waals surface area contributed by atoms with Crippen molar-refractivity contribution in [1.82, 2.24) is 15.6 Å². The van der Waals surface area contributed by atoms with E-state index in [1.54, 1.807) is 43.5 Å². The van der Waals surface area contributed by atoms with Gasteiger partial charge >= 0.3 is 0 Å². The highest BCUT2D eigenvalue weighted by Crippen LogP contribution is 2.37. The topological polar surface area (TPSA) is 106 Å². The number of halogens is 3. The van der Waals surface area contributed by atoms with Gasteiger partial charge in [0.2, 0.25) is 5.91 Å². The predicted molar refractivity (Wildman–Crippen MR) is 131 cm³/mol. The molecule has 1 unspecified atom stereocenters. The number of aromatic nitrogens is 1. The first-order valence-corrected chi connectivity index (χ1v) is 11.1. The van der Waals surface area contributed by atoms with Gasteiger partial charge in [-0.1, -0.05) is 35.3 Å². The molecule has 1 heterocycles. The van der Waals surface area contributed by atoms with Crippen molar-refractivity contribution in [2.24, 2.45) is 0 Å². The first-order chi connectivity index (χ1) is 16.2. The van der Waals surface area contributed by atoms with E-state index in [4.69, 9.17) is 33.7 Å². The molecule has 0 saturated heterocycles. The van der Waals surface area contributed by atoms with Gasteiger partial charge in [-0.05, 0) is 42.8 Å². The van der Waals surface area contributed by atoms with Crippen molar-refractivity contribution in [3.05, 3.63) is 75.7 Å². The van der Waals surface area contributed by atoms with Gasteiger partial charge in [0.15, 0.2) is 11.6 Å². The van der Waals surface area contributed by atoms with Crippen molar-refractivity contribution in [3.63, 3.8) is 0 Å². The molecule has 3 rings (SSSR count). The normalized spacial score (nSPS) is 11.6. The molecule has 34 heavy (non-hydrogen) atoms. The van der Waals surface area contributed by atoms with E-state index >= 15 is 0 Å². The Morgan fingerprint density at radius 3 is 2.44 bits per heavy atom. The summed E-state index contributed by atoms with van der Waals surface area (Å²) >= 11 is 12.3. The van der Waals surface area contributed by atoms with Crippen LogP contribution in [-0.4, -0.2) is 29.9 Å². The lowest BCUT2D eigenvalue weighted by Gasteiger charge is -2.19. The Hall–Kier alpha value is -3.36. The highest BCUT2D eigenvalue weighted by Gasteiger charge is 2.20. The van der Waals surface area contributed by atoms with Crippen LogP contribution in [0.25, 0.3) is 11.1 Å². The Morgan fingerprint density at radius 1 is 1.09 bits per heavy atom. The van der Waals surface area contributed by atoms with Crippen LogP contribution in [0.1, 0.15) is 35.9 Å². The lowest BCUT2D eigenvalue weighted by Crippen LogP contribution is -2.33. The molecular formula is C24H23Cl2FN4O3. The molecule has 2 amide bonds. The minimum absolute atomic E-state index is 0.117. The van der Waals surface area contributed by atoms with Crippen molar-refractivity contribution < 1.29 is 18.7 Å². The number of nitrogens with two attached hydrogens (primary N) is 1. The minimum Gasteiger partial charge on any atom is -0.482 e. The van der Waals surface area contributed by atoms with Crippen molar-refractivity contribution in [2.75, 3.05) is 18.8 Å². The average molecular weight is 505 g/mol. The number of nitrogen functional groups attached to an aromatic ring is 1. The summed E-state index contributed by atoms with van der Waals surface area (Å²) < 4.78 is 19.8. The average Bonchev–Trinajstić information content (AvgIpc) is 2.80. The Morgan fingerprint density at radius 2 is 1.76 bits per heavy atom. The van der Waals surface area contributed by atoms with Crippen LogP contribution in [0.4, 0.5) is 10.2 Å². The van der Waals surface area contributed by atoms with Gasteiger partial charge in [0.05, 0.1) is 5.02 Å². The number of rotatable bonds is 8. The second kappa shape index (κ2) is 11.2. The zero-order valence-electron chi connectivity index (χ0n) is 18.5. The predicted octanol–water partition coefficient (Wildman–Crippen LogP) is 4.78. The minimum atomic E-state index is -0.696. The number of carbonyl (C=O) groups excluding carboxylic acids is 2. The molecule has 0 saturated carbocycles. The molecule has 2 aromatic carbocycles. The SMILES string of the molecule is CC(=O)NCCNC(=O)c1ccc(-c2cnc(N)c(OC(C)c3c(Cl)ccc(F)c3Cl)c2)cc1. The van der Waals surface area contributed by atoms with E-state index in [9.17, 15) is 14.0 Å². The van der Waals surface area contributed by atoms with Crippen molar-refractivity contribution in [2.45, 2.75) is 20.0 Å². The molecular weight excluding hydrogens is 482 g/mol. The summed E-state index contributed by atoms with van der Waals surface area (Å²) in [6.07, 6.45) is 0.885. The van der Waals surface area contributed by atoms with E-state index in [-0.39, 0.29) is 33.4 Å². The molecule has 3 aromatic rings. The number of amides is 2. The molecule has 1 atom stereocenters. The van der Waals surface area contributed by atoms with Gasteiger partial charge in [0.1, 0.15) is 11.9 Å². The quantitative estimate of drug-likeness (QED) is 0.302. The highest BCUT2D eigenvalue weighted by atomic mass is 35.5. The molecule has 1 aromatic heterocycles. The summed E-state index contributed by atoms with van der Waals surface area (Å²) in [5, 5.41) is 5.49. The largest absolute Gasteiger partial charge is 0.482 e. The van der Waals surface area contributed by atoms with Crippen LogP contribution in [0.15, 0.2) is 48.7 Å². The van der Waals surface area contributed by atoms with Crippen LogP contribution >= 0.6 is 23.2 Å². The van der Waals surface area contributed by atoms with Gasteiger partial charge < -0.3 is 21.1 Å². The maximum absolute atomic E-state index is 13.9. The molecule has 0 fully saturated rings. The molecule has 0 radical (unpaired) electrons. The van der Waals surface area contributed by atoms with Gasteiger partial charge in [-0.3, -0.25) is 9.59 Å². The molecule has 0 aliphatic heterocycles. The number of nitrogens with one attached hydrogen (secondary N) is 2. The van der Waals surface area contributed by atoms with Crippen molar-refractivity contribution >= 4 is 40.8 Å². The van der Waals surface area contributed by atoms with Crippen LogP contribution in [0.3, 0.4) is 0 Å². The first-order valence-electron chi connectivity index (χ1n) is 10.4. The number of carbonyl (C=O) groups is 2. The van der Waals surface area contributed by atoms with Gasteiger partial charge in [-0.25, -0.2) is 9.37 Å². The van der Waals surface area contributed by atoms with Crippen LogP contribution in [0, 0.1) is 5.82 Å². The third kappa shape index (κ3) is 6.15. The second-order valence-electron chi connectivity index (χ2n) is 7.44. The van der Waals surface area contributed by atoms with E-state index in [1.807, 2.05) is 0 Å². The van der Waals surface area contributed by atoms with E-state index < -0.39 is 11.9 Å². The molecule has 10 heteroatoms. The molecule has 7 nitrogen and oxygen atoms in total. The van der Waals surface area contributed by atoms with E-state index in [0.29, 0.717) is 29.8 Å². The summed E-state index contributed by atoms with van der Waals surface area (Å²) in [6.45, 7) is 3.76. The number of hydrogen-bond acceptors (Lipinski definition) is 5. The van der Waals surface area contributed by atoms with Crippen LogP contribution in [0.2, 0.25) is 10.0 Å². The Bertz CT molecular complexity index is 1210. The lowest BCUT2D eigenvalue weighted by molar-refractivity contribution is -0.118. The monoisotopic (exact) mass is 504 g/mol. The summed E-state index contributed by atoms with van der Waals surface area (Å²) in [5.41, 5.74) is 8.24. The molecule has 0 aliphatic rings. The van der Waals surface area contributed by atoms with Gasteiger partial charge in [-0.2, -0.15) is 0 Å². The third-order valence-corrected chi connectivity index (χ3v) is 5.65. The fourth-order valence-electron chi connectivity index (χ4n) is 3.20. The molecule has 0 spiro atoms. The Balaban J connectivity index is 1.74. The lowest BCUT2D eigenvalue weighted by atomic mass is 10.0. The molecule has 0 bridgehead atoms. The number of pyridine rings is 1. The van der Waals surface area contributed by atoms with Crippen LogP contribution in [0.5, 0.6) is 5.75 Å². The zero-order chi connectivity index (χ0) is 24.8. The maximum atomic E-state index is 13.9. The Kier molecular flexibility index (Phi) is 8.31. The van der Waals surface area contributed by atoms with E-state index in [2.05, 4.69) is 15.6 Å². The number of nitrogens with zero attached hydrogens (tertiary/aromatic N) is 1. The van der Waals surface area contributed by atoms with Gasteiger partial charge in [-0.15, -0.1) is 0 Å².